The Labute approximate surface area is 206 Å². The number of likely N-dealkylation sites (tertiary alicyclic amines) is 1. The molecule has 6 rings (SSSR count). The summed E-state index contributed by atoms with van der Waals surface area (Å²) in [5.41, 5.74) is 2.72. The predicted molar refractivity (Wildman–Crippen MR) is 135 cm³/mol. The molecule has 6 nitrogen and oxygen atoms in total. The Morgan fingerprint density at radius 1 is 0.971 bits per heavy atom. The van der Waals surface area contributed by atoms with Gasteiger partial charge in [0.1, 0.15) is 0 Å². The molecule has 0 radical (unpaired) electrons. The van der Waals surface area contributed by atoms with Crippen molar-refractivity contribution < 1.29 is 9.59 Å². The van der Waals surface area contributed by atoms with Crippen LogP contribution in [0.3, 0.4) is 0 Å². The summed E-state index contributed by atoms with van der Waals surface area (Å²) in [5.74, 6) is 0.970. The maximum Gasteiger partial charge on any atom is 0.253 e. The molecule has 6 heteroatoms. The highest BCUT2D eigenvalue weighted by Crippen LogP contribution is 2.44. The number of benzene rings is 1. The van der Waals surface area contributed by atoms with E-state index in [0.717, 1.165) is 50.5 Å². The molecule has 0 N–H and O–H groups in total. The summed E-state index contributed by atoms with van der Waals surface area (Å²) >= 11 is 0. The van der Waals surface area contributed by atoms with E-state index >= 15 is 0 Å². The van der Waals surface area contributed by atoms with E-state index in [4.69, 9.17) is 4.98 Å². The minimum Gasteiger partial charge on any atom is -0.339 e. The Morgan fingerprint density at radius 2 is 1.69 bits per heavy atom. The lowest BCUT2D eigenvalue weighted by molar-refractivity contribution is -0.149. The number of carbonyl (C=O) groups excluding carboxylic acids is 2. The summed E-state index contributed by atoms with van der Waals surface area (Å²) in [5, 5.41) is 0. The lowest BCUT2D eigenvalue weighted by Gasteiger charge is -2.46. The van der Waals surface area contributed by atoms with Crippen molar-refractivity contribution in [2.45, 2.75) is 64.0 Å². The first-order valence-electron chi connectivity index (χ1n) is 13.1. The number of nitrogens with zero attached hydrogens (tertiary/aromatic N) is 4. The van der Waals surface area contributed by atoms with Crippen LogP contribution in [0.4, 0.5) is 0 Å². The van der Waals surface area contributed by atoms with E-state index < -0.39 is 0 Å². The topological polar surface area (TPSA) is 57.9 Å². The molecule has 2 atom stereocenters. The fourth-order valence-corrected chi connectivity index (χ4v) is 6.74. The summed E-state index contributed by atoms with van der Waals surface area (Å²) in [6.45, 7) is 3.42. The molecule has 0 spiro atoms. The van der Waals surface area contributed by atoms with Gasteiger partial charge in [0, 0.05) is 54.7 Å². The van der Waals surface area contributed by atoms with Crippen molar-refractivity contribution in [3.8, 4) is 0 Å². The van der Waals surface area contributed by atoms with Gasteiger partial charge in [0.2, 0.25) is 5.91 Å². The molecule has 0 saturated carbocycles. The molecule has 2 amide bonds. The average Bonchev–Trinajstić information content (AvgIpc) is 3.47. The average molecular weight is 471 g/mol. The van der Waals surface area contributed by atoms with Gasteiger partial charge >= 0.3 is 0 Å². The van der Waals surface area contributed by atoms with Crippen LogP contribution < -0.4 is 0 Å². The first-order chi connectivity index (χ1) is 17.0. The van der Waals surface area contributed by atoms with Gasteiger partial charge in [-0.05, 0) is 75.1 Å². The van der Waals surface area contributed by atoms with Gasteiger partial charge in [0.15, 0.2) is 0 Å². The summed E-state index contributed by atoms with van der Waals surface area (Å²) in [6.07, 6.45) is 12.8. The number of hydrogen-bond donors (Lipinski definition) is 0. The molecular formula is C29H34N4O2. The van der Waals surface area contributed by atoms with Crippen LogP contribution in [-0.2, 0) is 11.2 Å². The Kier molecular flexibility index (Phi) is 5.62. The van der Waals surface area contributed by atoms with E-state index in [0.29, 0.717) is 37.0 Å². The lowest BCUT2D eigenvalue weighted by Crippen LogP contribution is -2.55. The van der Waals surface area contributed by atoms with Crippen molar-refractivity contribution in [1.29, 1.82) is 0 Å². The second-order valence-electron chi connectivity index (χ2n) is 11.0. The molecule has 0 unspecified atom stereocenters. The minimum atomic E-state index is -0.375. The number of carbonyl (C=O) groups is 2. The fraction of sp³-hybridized carbons (Fsp3) is 0.483. The number of amides is 2. The van der Waals surface area contributed by atoms with Crippen molar-refractivity contribution in [1.82, 2.24) is 19.2 Å². The molecular weight excluding hydrogens is 436 g/mol. The largest absolute Gasteiger partial charge is 0.339 e. The molecule has 182 valence electrons. The molecule has 1 aromatic carbocycles. The summed E-state index contributed by atoms with van der Waals surface area (Å²) in [7, 11) is 0. The highest BCUT2D eigenvalue weighted by Gasteiger charge is 2.49. The van der Waals surface area contributed by atoms with Crippen LogP contribution in [-0.4, -0.2) is 56.2 Å². The maximum absolute atomic E-state index is 13.9. The molecule has 2 bridgehead atoms. The first-order valence-corrected chi connectivity index (χ1v) is 13.1. The van der Waals surface area contributed by atoms with Crippen LogP contribution in [0.25, 0.3) is 5.52 Å². The second-order valence-corrected chi connectivity index (χ2v) is 11.0. The predicted octanol–water partition coefficient (Wildman–Crippen LogP) is 4.59. The normalized spacial score (nSPS) is 25.7. The molecule has 0 aliphatic carbocycles. The maximum atomic E-state index is 13.9. The Bertz CT molecular complexity index is 1210. The minimum absolute atomic E-state index is 0.0765. The molecule has 5 heterocycles. The molecule has 3 saturated heterocycles. The van der Waals surface area contributed by atoms with Crippen molar-refractivity contribution in [3.63, 3.8) is 0 Å². The van der Waals surface area contributed by atoms with Gasteiger partial charge in [-0.15, -0.1) is 0 Å². The fourth-order valence-electron chi connectivity index (χ4n) is 6.74. The van der Waals surface area contributed by atoms with Crippen LogP contribution in [0.5, 0.6) is 0 Å². The third kappa shape index (κ3) is 4.03. The van der Waals surface area contributed by atoms with E-state index in [1.165, 1.54) is 11.2 Å². The molecule has 3 aliphatic heterocycles. The Balaban J connectivity index is 1.10. The standard InChI is InChI=1S/C29H34N4O2/c1-29(11-15-32(16-12-29)27(34)22-6-3-2-4-7-22)28(35)33-23-9-10-24(33)19-21(18-23)20-25-26-8-5-14-31(26)17-13-30-25/h2-8,13-14,17,21,23-24H,9-12,15-16,18-20H2,1H3/t23-,24-/m0/s1. The molecule has 3 aromatic rings. The van der Waals surface area contributed by atoms with Gasteiger partial charge in [-0.3, -0.25) is 14.6 Å². The van der Waals surface area contributed by atoms with Gasteiger partial charge in [0.05, 0.1) is 11.2 Å². The molecule has 3 aliphatic rings. The van der Waals surface area contributed by atoms with E-state index in [1.807, 2.05) is 47.6 Å². The Morgan fingerprint density at radius 3 is 2.40 bits per heavy atom. The van der Waals surface area contributed by atoms with E-state index in [2.05, 4.69) is 34.6 Å². The van der Waals surface area contributed by atoms with E-state index in [-0.39, 0.29) is 11.3 Å². The number of aromatic nitrogens is 2. The number of piperidine rings is 2. The zero-order valence-electron chi connectivity index (χ0n) is 20.5. The second kappa shape index (κ2) is 8.81. The molecule has 3 fully saturated rings. The van der Waals surface area contributed by atoms with Crippen molar-refractivity contribution in [2.24, 2.45) is 11.3 Å². The van der Waals surface area contributed by atoms with Crippen LogP contribution in [0.1, 0.15) is 61.5 Å². The molecule has 2 aromatic heterocycles. The van der Waals surface area contributed by atoms with Crippen LogP contribution in [0, 0.1) is 11.3 Å². The summed E-state index contributed by atoms with van der Waals surface area (Å²) < 4.78 is 2.14. The third-order valence-electron chi connectivity index (χ3n) is 8.77. The number of rotatable bonds is 4. The van der Waals surface area contributed by atoms with Crippen LogP contribution >= 0.6 is 0 Å². The van der Waals surface area contributed by atoms with E-state index in [1.54, 1.807) is 0 Å². The number of hydrogen-bond acceptors (Lipinski definition) is 3. The number of fused-ring (bicyclic) bond motifs is 3. The van der Waals surface area contributed by atoms with Crippen molar-refractivity contribution in [2.75, 3.05) is 13.1 Å². The molecule has 35 heavy (non-hydrogen) atoms. The highest BCUT2D eigenvalue weighted by molar-refractivity contribution is 5.94. The van der Waals surface area contributed by atoms with Gasteiger partial charge in [-0.25, -0.2) is 0 Å². The van der Waals surface area contributed by atoms with Gasteiger partial charge in [0.25, 0.3) is 5.91 Å². The van der Waals surface area contributed by atoms with E-state index in [9.17, 15) is 9.59 Å². The summed E-state index contributed by atoms with van der Waals surface area (Å²) in [6, 6.07) is 14.4. The van der Waals surface area contributed by atoms with Gasteiger partial charge < -0.3 is 14.2 Å². The van der Waals surface area contributed by atoms with Crippen molar-refractivity contribution in [3.05, 3.63) is 72.3 Å². The zero-order chi connectivity index (χ0) is 24.0. The SMILES string of the molecule is CC1(C(=O)N2[C@H]3CC[C@H]2CC(Cc2nccn4cccc24)C3)CCN(C(=O)c2ccccc2)CC1. The van der Waals surface area contributed by atoms with Crippen LogP contribution in [0.2, 0.25) is 0 Å². The third-order valence-corrected chi connectivity index (χ3v) is 8.77. The van der Waals surface area contributed by atoms with Crippen LogP contribution in [0.15, 0.2) is 61.1 Å². The van der Waals surface area contributed by atoms with Crippen molar-refractivity contribution >= 4 is 17.3 Å². The highest BCUT2D eigenvalue weighted by atomic mass is 16.2. The quantitative estimate of drug-likeness (QED) is 0.560. The first kappa shape index (κ1) is 22.3. The summed E-state index contributed by atoms with van der Waals surface area (Å²) in [4.78, 5) is 35.6. The lowest BCUT2D eigenvalue weighted by atomic mass is 9.77. The monoisotopic (exact) mass is 470 g/mol. The smallest absolute Gasteiger partial charge is 0.253 e. The van der Waals surface area contributed by atoms with Gasteiger partial charge in [-0.1, -0.05) is 25.1 Å². The van der Waals surface area contributed by atoms with Gasteiger partial charge in [-0.2, -0.15) is 0 Å². The Hall–Kier alpha value is -3.15. The zero-order valence-corrected chi connectivity index (χ0v) is 20.5.